The van der Waals surface area contributed by atoms with E-state index in [9.17, 15) is 14.3 Å². The van der Waals surface area contributed by atoms with Gasteiger partial charge in [0.05, 0.1) is 19.6 Å². The molecule has 0 aliphatic carbocycles. The predicted molar refractivity (Wildman–Crippen MR) is 85.5 cm³/mol. The number of esters is 1. The molecule has 6 heteroatoms. The van der Waals surface area contributed by atoms with Gasteiger partial charge in [0.2, 0.25) is 0 Å². The molecule has 1 aliphatic heterocycles. The number of carbonyl (C=O) groups is 1. The average Bonchev–Trinajstić information content (AvgIpc) is 2.55. The molecule has 1 fully saturated rings. The zero-order valence-electron chi connectivity index (χ0n) is 13.7. The second kappa shape index (κ2) is 8.38. The van der Waals surface area contributed by atoms with Crippen LogP contribution in [0, 0.1) is 5.82 Å². The maximum atomic E-state index is 12.9. The molecule has 1 N–H and O–H groups in total. The first-order chi connectivity index (χ1) is 11.0. The monoisotopic (exact) mass is 324 g/mol. The normalized spacial score (nSPS) is 21.1. The molecule has 2 unspecified atom stereocenters. The van der Waals surface area contributed by atoms with Crippen LogP contribution in [0.5, 0.6) is 0 Å². The first-order valence-corrected chi connectivity index (χ1v) is 7.96. The topological polar surface area (TPSA) is 53.0 Å². The van der Waals surface area contributed by atoms with E-state index >= 15 is 0 Å². The molecule has 1 saturated heterocycles. The number of ether oxygens (including phenoxy) is 1. The molecule has 0 radical (unpaired) electrons. The third kappa shape index (κ3) is 5.27. The van der Waals surface area contributed by atoms with Gasteiger partial charge in [0, 0.05) is 38.8 Å². The molecule has 5 nitrogen and oxygen atoms in total. The van der Waals surface area contributed by atoms with Crippen LogP contribution in [0.3, 0.4) is 0 Å². The lowest BCUT2D eigenvalue weighted by atomic mass is 10.1. The SMILES string of the molecule is COC(=O)CCN1CCN(CC(O)c2ccc(F)cc2)C(C)C1. The minimum absolute atomic E-state index is 0.188. The van der Waals surface area contributed by atoms with E-state index in [0.717, 1.165) is 25.2 Å². The molecule has 0 bridgehead atoms. The number of hydrogen-bond donors (Lipinski definition) is 1. The second-order valence-electron chi connectivity index (χ2n) is 6.04. The van der Waals surface area contributed by atoms with E-state index in [1.54, 1.807) is 12.1 Å². The van der Waals surface area contributed by atoms with Gasteiger partial charge in [0.25, 0.3) is 0 Å². The fourth-order valence-corrected chi connectivity index (χ4v) is 2.91. The highest BCUT2D eigenvalue weighted by molar-refractivity contribution is 5.69. The fourth-order valence-electron chi connectivity index (χ4n) is 2.91. The number of benzene rings is 1. The van der Waals surface area contributed by atoms with Crippen LogP contribution in [0.2, 0.25) is 0 Å². The highest BCUT2D eigenvalue weighted by Gasteiger charge is 2.25. The van der Waals surface area contributed by atoms with Gasteiger partial charge in [0.15, 0.2) is 0 Å². The molecule has 1 aliphatic rings. The predicted octanol–water partition coefficient (Wildman–Crippen LogP) is 1.43. The number of aliphatic hydroxyl groups is 1. The van der Waals surface area contributed by atoms with Gasteiger partial charge < -0.3 is 9.84 Å². The Hall–Kier alpha value is -1.50. The van der Waals surface area contributed by atoms with E-state index < -0.39 is 6.10 Å². The molecule has 128 valence electrons. The largest absolute Gasteiger partial charge is 0.469 e. The Morgan fingerprint density at radius 3 is 2.70 bits per heavy atom. The number of aliphatic hydroxyl groups excluding tert-OH is 1. The summed E-state index contributed by atoms with van der Waals surface area (Å²) in [6, 6.07) is 6.27. The third-order valence-electron chi connectivity index (χ3n) is 4.37. The summed E-state index contributed by atoms with van der Waals surface area (Å²) in [5, 5.41) is 10.3. The number of nitrogens with zero attached hydrogens (tertiary/aromatic N) is 2. The van der Waals surface area contributed by atoms with Gasteiger partial charge in [-0.2, -0.15) is 0 Å². The summed E-state index contributed by atoms with van der Waals surface area (Å²) in [6.45, 7) is 5.88. The Morgan fingerprint density at radius 2 is 2.09 bits per heavy atom. The lowest BCUT2D eigenvalue weighted by Gasteiger charge is -2.40. The van der Waals surface area contributed by atoms with Gasteiger partial charge in [-0.1, -0.05) is 12.1 Å². The van der Waals surface area contributed by atoms with Crippen LogP contribution in [0.15, 0.2) is 24.3 Å². The molecule has 0 saturated carbocycles. The number of carbonyl (C=O) groups excluding carboxylic acids is 1. The number of β-amino-alcohol motifs (C(OH)–C–C–N with tert-alkyl or cyclic N) is 1. The molecule has 2 rings (SSSR count). The Kier molecular flexibility index (Phi) is 6.50. The van der Waals surface area contributed by atoms with Gasteiger partial charge in [-0.25, -0.2) is 4.39 Å². The van der Waals surface area contributed by atoms with E-state index in [-0.39, 0.29) is 17.8 Å². The van der Waals surface area contributed by atoms with Crippen molar-refractivity contribution in [1.82, 2.24) is 9.80 Å². The number of rotatable bonds is 6. The molecule has 0 amide bonds. The smallest absolute Gasteiger partial charge is 0.306 e. The molecule has 0 spiro atoms. The van der Waals surface area contributed by atoms with E-state index in [1.807, 2.05) is 0 Å². The second-order valence-corrected chi connectivity index (χ2v) is 6.04. The van der Waals surface area contributed by atoms with Crippen molar-refractivity contribution < 1.29 is 19.0 Å². The maximum absolute atomic E-state index is 12.9. The lowest BCUT2D eigenvalue weighted by molar-refractivity contribution is -0.141. The van der Waals surface area contributed by atoms with Crippen LogP contribution in [-0.2, 0) is 9.53 Å². The number of piperazine rings is 1. The van der Waals surface area contributed by atoms with Gasteiger partial charge in [-0.05, 0) is 24.6 Å². The van der Waals surface area contributed by atoms with Gasteiger partial charge in [0.1, 0.15) is 5.82 Å². The van der Waals surface area contributed by atoms with Crippen LogP contribution in [0.25, 0.3) is 0 Å². The van der Waals surface area contributed by atoms with Gasteiger partial charge in [-0.15, -0.1) is 0 Å². The summed E-state index contributed by atoms with van der Waals surface area (Å²) < 4.78 is 17.6. The van der Waals surface area contributed by atoms with Crippen LogP contribution in [0.4, 0.5) is 4.39 Å². The standard InChI is InChI=1S/C17H25FN2O3/c1-13-11-19(8-7-17(22)23-2)9-10-20(13)12-16(21)14-3-5-15(18)6-4-14/h3-6,13,16,21H,7-12H2,1-2H3. The molecule has 1 aromatic carbocycles. The summed E-state index contributed by atoms with van der Waals surface area (Å²) in [4.78, 5) is 15.7. The molecule has 0 aromatic heterocycles. The van der Waals surface area contributed by atoms with Crippen LogP contribution in [-0.4, -0.2) is 66.8 Å². The third-order valence-corrected chi connectivity index (χ3v) is 4.37. The summed E-state index contributed by atoms with van der Waals surface area (Å²) in [5.41, 5.74) is 0.728. The van der Waals surface area contributed by atoms with Crippen molar-refractivity contribution in [2.24, 2.45) is 0 Å². The fraction of sp³-hybridized carbons (Fsp3) is 0.588. The zero-order valence-corrected chi connectivity index (χ0v) is 13.7. The Labute approximate surface area is 136 Å². The van der Waals surface area contributed by atoms with Crippen molar-refractivity contribution in [3.8, 4) is 0 Å². The van der Waals surface area contributed by atoms with Gasteiger partial charge >= 0.3 is 5.97 Å². The van der Waals surface area contributed by atoms with Crippen LogP contribution in [0.1, 0.15) is 25.0 Å². The summed E-state index contributed by atoms with van der Waals surface area (Å²) >= 11 is 0. The van der Waals surface area contributed by atoms with E-state index in [2.05, 4.69) is 21.5 Å². The molecule has 1 heterocycles. The first kappa shape index (κ1) is 17.8. The molecule has 2 atom stereocenters. The van der Waals surface area contributed by atoms with E-state index in [1.165, 1.54) is 19.2 Å². The molecule has 1 aromatic rings. The Bertz CT molecular complexity index is 509. The minimum atomic E-state index is -0.625. The highest BCUT2D eigenvalue weighted by atomic mass is 19.1. The average molecular weight is 324 g/mol. The van der Waals surface area contributed by atoms with Crippen molar-refractivity contribution in [1.29, 1.82) is 0 Å². The van der Waals surface area contributed by atoms with Crippen molar-refractivity contribution in [3.05, 3.63) is 35.6 Å². The summed E-state index contributed by atoms with van der Waals surface area (Å²) in [7, 11) is 1.40. The van der Waals surface area contributed by atoms with Gasteiger partial charge in [-0.3, -0.25) is 14.6 Å². The first-order valence-electron chi connectivity index (χ1n) is 7.96. The lowest BCUT2D eigenvalue weighted by Crippen LogP contribution is -2.53. The van der Waals surface area contributed by atoms with Crippen molar-refractivity contribution in [2.45, 2.75) is 25.5 Å². The number of hydrogen-bond acceptors (Lipinski definition) is 5. The minimum Gasteiger partial charge on any atom is -0.469 e. The molecular formula is C17H25FN2O3. The summed E-state index contributed by atoms with van der Waals surface area (Å²) in [6.07, 6.45) is -0.221. The van der Waals surface area contributed by atoms with Crippen molar-refractivity contribution in [2.75, 3.05) is 39.8 Å². The molecule has 23 heavy (non-hydrogen) atoms. The maximum Gasteiger partial charge on any atom is 0.306 e. The van der Waals surface area contributed by atoms with Crippen LogP contribution >= 0.6 is 0 Å². The number of methoxy groups -OCH3 is 1. The van der Waals surface area contributed by atoms with Crippen molar-refractivity contribution in [3.63, 3.8) is 0 Å². The van der Waals surface area contributed by atoms with E-state index in [0.29, 0.717) is 19.5 Å². The van der Waals surface area contributed by atoms with Crippen molar-refractivity contribution >= 4 is 5.97 Å². The number of halogens is 1. The van der Waals surface area contributed by atoms with Crippen LogP contribution < -0.4 is 0 Å². The Balaban J connectivity index is 1.81. The molecular weight excluding hydrogens is 299 g/mol. The summed E-state index contributed by atoms with van der Waals surface area (Å²) in [5.74, 6) is -0.486. The van der Waals surface area contributed by atoms with E-state index in [4.69, 9.17) is 0 Å². The Morgan fingerprint density at radius 1 is 1.39 bits per heavy atom. The quantitative estimate of drug-likeness (QED) is 0.802. The zero-order chi connectivity index (χ0) is 16.8. The highest BCUT2D eigenvalue weighted by Crippen LogP contribution is 2.18.